The van der Waals surface area contributed by atoms with Crippen molar-refractivity contribution in [3.8, 4) is 5.75 Å². The summed E-state index contributed by atoms with van der Waals surface area (Å²) in [5.74, 6) is 5.41. The highest BCUT2D eigenvalue weighted by atomic mass is 16.6. The molecule has 0 aromatic heterocycles. The Morgan fingerprint density at radius 3 is 2.31 bits per heavy atom. The van der Waals surface area contributed by atoms with E-state index in [1.165, 1.54) is 0 Å². The van der Waals surface area contributed by atoms with Crippen molar-refractivity contribution < 1.29 is 9.94 Å². The third-order valence-electron chi connectivity index (χ3n) is 1.89. The molecular weight excluding hydrogens is 166 g/mol. The third kappa shape index (κ3) is 3.05. The highest BCUT2D eigenvalue weighted by molar-refractivity contribution is 5.26. The molecule has 0 aliphatic heterocycles. The SMILES string of the molecule is CC(C)(Cc1ccc(O)cc1)ON. The van der Waals surface area contributed by atoms with Gasteiger partial charge in [0.2, 0.25) is 0 Å². The Morgan fingerprint density at radius 1 is 1.31 bits per heavy atom. The minimum absolute atomic E-state index is 0.273. The molecule has 3 heteroatoms. The predicted octanol–water partition coefficient (Wildman–Crippen LogP) is 1.60. The Kier molecular flexibility index (Phi) is 2.90. The van der Waals surface area contributed by atoms with E-state index in [1.807, 2.05) is 26.0 Å². The third-order valence-corrected chi connectivity index (χ3v) is 1.89. The molecule has 0 spiro atoms. The summed E-state index contributed by atoms with van der Waals surface area (Å²) in [6.45, 7) is 3.83. The second-order valence-electron chi connectivity index (χ2n) is 3.72. The Bertz CT molecular complexity index is 267. The molecule has 3 N–H and O–H groups in total. The van der Waals surface area contributed by atoms with Gasteiger partial charge in [-0.15, -0.1) is 0 Å². The van der Waals surface area contributed by atoms with Crippen LogP contribution in [-0.4, -0.2) is 10.7 Å². The average Bonchev–Trinajstić information content (AvgIpc) is 2.09. The number of nitrogens with two attached hydrogens (primary N) is 1. The molecule has 0 heterocycles. The van der Waals surface area contributed by atoms with Crippen molar-refractivity contribution in [3.05, 3.63) is 29.8 Å². The van der Waals surface area contributed by atoms with E-state index in [2.05, 4.69) is 0 Å². The first-order chi connectivity index (χ1) is 6.03. The number of aromatic hydroxyl groups is 1. The van der Waals surface area contributed by atoms with Gasteiger partial charge in [-0.1, -0.05) is 12.1 Å². The van der Waals surface area contributed by atoms with E-state index in [-0.39, 0.29) is 11.4 Å². The fourth-order valence-electron chi connectivity index (χ4n) is 1.15. The summed E-state index contributed by atoms with van der Waals surface area (Å²) in [4.78, 5) is 4.81. The topological polar surface area (TPSA) is 55.5 Å². The molecule has 1 aromatic carbocycles. The molecule has 1 rings (SSSR count). The monoisotopic (exact) mass is 181 g/mol. The molecule has 0 aliphatic carbocycles. The molecule has 0 aliphatic rings. The van der Waals surface area contributed by atoms with E-state index >= 15 is 0 Å². The molecule has 0 fully saturated rings. The van der Waals surface area contributed by atoms with Crippen molar-refractivity contribution in [2.75, 3.05) is 0 Å². The molecule has 13 heavy (non-hydrogen) atoms. The lowest BCUT2D eigenvalue weighted by Gasteiger charge is -2.21. The Balaban J connectivity index is 2.69. The molecule has 0 radical (unpaired) electrons. The van der Waals surface area contributed by atoms with E-state index in [9.17, 15) is 0 Å². The summed E-state index contributed by atoms with van der Waals surface area (Å²) in [5.41, 5.74) is 0.727. The van der Waals surface area contributed by atoms with Gasteiger partial charge in [-0.25, -0.2) is 5.90 Å². The van der Waals surface area contributed by atoms with Gasteiger partial charge in [-0.2, -0.15) is 0 Å². The quantitative estimate of drug-likeness (QED) is 0.696. The van der Waals surface area contributed by atoms with Crippen LogP contribution in [0.3, 0.4) is 0 Å². The summed E-state index contributed by atoms with van der Waals surface area (Å²) < 4.78 is 0. The van der Waals surface area contributed by atoms with Gasteiger partial charge < -0.3 is 5.11 Å². The van der Waals surface area contributed by atoms with Crippen molar-refractivity contribution in [3.63, 3.8) is 0 Å². The smallest absolute Gasteiger partial charge is 0.115 e. The standard InChI is InChI=1S/C10H15NO2/c1-10(2,13-11)7-8-3-5-9(12)6-4-8/h3-6,12H,7,11H2,1-2H3. The van der Waals surface area contributed by atoms with E-state index in [0.29, 0.717) is 0 Å². The predicted molar refractivity (Wildman–Crippen MR) is 51.2 cm³/mol. The maximum absolute atomic E-state index is 9.06. The molecule has 0 saturated carbocycles. The molecule has 0 unspecified atom stereocenters. The lowest BCUT2D eigenvalue weighted by Crippen LogP contribution is -2.30. The van der Waals surface area contributed by atoms with Gasteiger partial charge in [0.1, 0.15) is 5.75 Å². The number of hydrogen-bond acceptors (Lipinski definition) is 3. The zero-order chi connectivity index (χ0) is 9.90. The summed E-state index contributed by atoms with van der Waals surface area (Å²) in [6.07, 6.45) is 0.726. The lowest BCUT2D eigenvalue weighted by molar-refractivity contribution is -0.0187. The number of benzene rings is 1. The zero-order valence-electron chi connectivity index (χ0n) is 7.95. The van der Waals surface area contributed by atoms with Gasteiger partial charge in [0.15, 0.2) is 0 Å². The molecule has 72 valence electrons. The highest BCUT2D eigenvalue weighted by Gasteiger charge is 2.17. The Morgan fingerprint density at radius 2 is 1.85 bits per heavy atom. The van der Waals surface area contributed by atoms with Gasteiger partial charge in [0.25, 0.3) is 0 Å². The van der Waals surface area contributed by atoms with E-state index in [0.717, 1.165) is 12.0 Å². The van der Waals surface area contributed by atoms with Crippen molar-refractivity contribution in [1.29, 1.82) is 0 Å². The van der Waals surface area contributed by atoms with Crippen molar-refractivity contribution in [1.82, 2.24) is 0 Å². The number of phenols is 1. The zero-order valence-corrected chi connectivity index (χ0v) is 7.95. The summed E-state index contributed by atoms with van der Waals surface area (Å²) in [7, 11) is 0. The molecule has 0 saturated heterocycles. The van der Waals surface area contributed by atoms with Crippen molar-refractivity contribution >= 4 is 0 Å². The second kappa shape index (κ2) is 3.77. The van der Waals surface area contributed by atoms with Gasteiger partial charge in [0.05, 0.1) is 5.60 Å². The van der Waals surface area contributed by atoms with Gasteiger partial charge in [0, 0.05) is 6.42 Å². The molecule has 0 bridgehead atoms. The summed E-state index contributed by atoms with van der Waals surface area (Å²) in [5, 5.41) is 9.06. The average molecular weight is 181 g/mol. The molecule has 1 aromatic rings. The first-order valence-corrected chi connectivity index (χ1v) is 4.19. The highest BCUT2D eigenvalue weighted by Crippen LogP contribution is 2.17. The lowest BCUT2D eigenvalue weighted by atomic mass is 9.99. The molecule has 0 amide bonds. The molecule has 3 nitrogen and oxygen atoms in total. The number of hydrogen-bond donors (Lipinski definition) is 2. The van der Waals surface area contributed by atoms with E-state index in [1.54, 1.807) is 12.1 Å². The van der Waals surface area contributed by atoms with Crippen LogP contribution < -0.4 is 5.90 Å². The maximum Gasteiger partial charge on any atom is 0.115 e. The maximum atomic E-state index is 9.06. The van der Waals surface area contributed by atoms with Gasteiger partial charge in [-0.05, 0) is 31.5 Å². The fourth-order valence-corrected chi connectivity index (χ4v) is 1.15. The second-order valence-corrected chi connectivity index (χ2v) is 3.72. The van der Waals surface area contributed by atoms with E-state index in [4.69, 9.17) is 15.8 Å². The van der Waals surface area contributed by atoms with Crippen molar-refractivity contribution in [2.24, 2.45) is 5.90 Å². The first-order valence-electron chi connectivity index (χ1n) is 4.19. The Hall–Kier alpha value is -1.06. The van der Waals surface area contributed by atoms with Gasteiger partial charge >= 0.3 is 0 Å². The molecular formula is C10H15NO2. The molecule has 0 atom stereocenters. The van der Waals surface area contributed by atoms with E-state index < -0.39 is 0 Å². The van der Waals surface area contributed by atoms with Crippen LogP contribution in [-0.2, 0) is 11.3 Å². The van der Waals surface area contributed by atoms with Gasteiger partial charge in [-0.3, -0.25) is 4.84 Å². The van der Waals surface area contributed by atoms with Crippen molar-refractivity contribution in [2.45, 2.75) is 25.9 Å². The van der Waals surface area contributed by atoms with Crippen LogP contribution in [0.1, 0.15) is 19.4 Å². The fraction of sp³-hybridized carbons (Fsp3) is 0.400. The van der Waals surface area contributed by atoms with Crippen LogP contribution in [0.4, 0.5) is 0 Å². The number of rotatable bonds is 3. The number of phenolic OH excluding ortho intramolecular Hbond substituents is 1. The first kappa shape index (κ1) is 10.0. The Labute approximate surface area is 78.1 Å². The summed E-state index contributed by atoms with van der Waals surface area (Å²) in [6, 6.07) is 7.02. The normalized spacial score (nSPS) is 11.6. The van der Waals surface area contributed by atoms with Crippen LogP contribution in [0.2, 0.25) is 0 Å². The summed E-state index contributed by atoms with van der Waals surface area (Å²) >= 11 is 0. The largest absolute Gasteiger partial charge is 0.508 e. The minimum atomic E-state index is -0.364. The van der Waals surface area contributed by atoms with Crippen LogP contribution in [0.5, 0.6) is 5.75 Å². The van der Waals surface area contributed by atoms with Crippen LogP contribution >= 0.6 is 0 Å². The minimum Gasteiger partial charge on any atom is -0.508 e. The van der Waals surface area contributed by atoms with Crippen LogP contribution in [0, 0.1) is 0 Å². The van der Waals surface area contributed by atoms with Crippen LogP contribution in [0.25, 0.3) is 0 Å². The van der Waals surface area contributed by atoms with Crippen LogP contribution in [0.15, 0.2) is 24.3 Å².